The van der Waals surface area contributed by atoms with Gasteiger partial charge in [-0.1, -0.05) is 60.5 Å². The van der Waals surface area contributed by atoms with Gasteiger partial charge in [-0.25, -0.2) is 0 Å². The Morgan fingerprint density at radius 2 is 1.74 bits per heavy atom. The van der Waals surface area contributed by atoms with E-state index in [1.807, 2.05) is 51.1 Å². The van der Waals surface area contributed by atoms with Gasteiger partial charge in [-0.15, -0.1) is 0 Å². The number of hydrogen-bond acceptors (Lipinski definition) is 3. The van der Waals surface area contributed by atoms with Crippen molar-refractivity contribution in [3.05, 3.63) is 75.8 Å². The molecule has 0 unspecified atom stereocenters. The van der Waals surface area contributed by atoms with Gasteiger partial charge in [-0.3, -0.25) is 19.3 Å². The molecular weight excluding hydrogens is 485 g/mol. The summed E-state index contributed by atoms with van der Waals surface area (Å²) >= 11 is 12.3. The number of anilines is 1. The highest BCUT2D eigenvalue weighted by Crippen LogP contribution is 2.37. The van der Waals surface area contributed by atoms with E-state index in [0.717, 1.165) is 16.3 Å². The van der Waals surface area contributed by atoms with E-state index in [1.165, 1.54) is 9.80 Å². The van der Waals surface area contributed by atoms with Gasteiger partial charge in [0.05, 0.1) is 15.7 Å². The predicted octanol–water partition coefficient (Wildman–Crippen LogP) is 5.44. The molecule has 1 heterocycles. The second kappa shape index (κ2) is 10.3. The second-order valence-electron chi connectivity index (χ2n) is 8.93. The maximum atomic E-state index is 13.8. The van der Waals surface area contributed by atoms with E-state index in [9.17, 15) is 14.4 Å². The van der Waals surface area contributed by atoms with Crippen LogP contribution in [0.25, 0.3) is 10.8 Å². The lowest BCUT2D eigenvalue weighted by Crippen LogP contribution is -2.53. The highest BCUT2D eigenvalue weighted by atomic mass is 35.5. The Bertz CT molecular complexity index is 1300. The first-order valence-corrected chi connectivity index (χ1v) is 12.3. The van der Waals surface area contributed by atoms with Crippen molar-refractivity contribution in [3.63, 3.8) is 0 Å². The Morgan fingerprint density at radius 3 is 2.40 bits per heavy atom. The Hall–Kier alpha value is -3.09. The Morgan fingerprint density at radius 1 is 1.03 bits per heavy atom. The van der Waals surface area contributed by atoms with Crippen LogP contribution in [0.1, 0.15) is 43.1 Å². The van der Waals surface area contributed by atoms with E-state index in [4.69, 9.17) is 23.2 Å². The van der Waals surface area contributed by atoms with Gasteiger partial charge in [0.15, 0.2) is 0 Å². The van der Waals surface area contributed by atoms with Crippen molar-refractivity contribution < 1.29 is 14.4 Å². The number of hydrogen-bond donors (Lipinski definition) is 1. The van der Waals surface area contributed by atoms with Crippen LogP contribution in [0.5, 0.6) is 0 Å². The summed E-state index contributed by atoms with van der Waals surface area (Å²) in [4.78, 5) is 43.1. The maximum Gasteiger partial charge on any atom is 0.259 e. The highest BCUT2D eigenvalue weighted by Gasteiger charge is 2.35. The quantitative estimate of drug-likeness (QED) is 0.437. The van der Waals surface area contributed by atoms with E-state index in [0.29, 0.717) is 27.7 Å². The maximum absolute atomic E-state index is 13.8. The third-order valence-corrected chi connectivity index (χ3v) is 6.84. The van der Waals surface area contributed by atoms with E-state index < -0.39 is 6.04 Å². The molecule has 1 atom stereocenters. The number of carbonyl (C=O) groups excluding carboxylic acids is 3. The molecule has 0 radical (unpaired) electrons. The summed E-state index contributed by atoms with van der Waals surface area (Å²) in [6.45, 7) is 5.57. The topological polar surface area (TPSA) is 69.7 Å². The zero-order valence-corrected chi connectivity index (χ0v) is 21.4. The average Bonchev–Trinajstić information content (AvgIpc) is 3.08. The van der Waals surface area contributed by atoms with E-state index in [-0.39, 0.29) is 36.9 Å². The van der Waals surface area contributed by atoms with Crippen LogP contribution < -0.4 is 10.2 Å². The molecule has 1 N–H and O–H groups in total. The van der Waals surface area contributed by atoms with Crippen molar-refractivity contribution in [2.45, 2.75) is 45.8 Å². The fraction of sp³-hybridized carbons (Fsp3) is 0.296. The Balaban J connectivity index is 1.67. The molecule has 3 aromatic carbocycles. The van der Waals surface area contributed by atoms with Gasteiger partial charge in [0.25, 0.3) is 5.91 Å². The van der Waals surface area contributed by atoms with Crippen LogP contribution in [0, 0.1) is 0 Å². The van der Waals surface area contributed by atoms with Gasteiger partial charge in [-0.2, -0.15) is 0 Å². The van der Waals surface area contributed by atoms with Crippen LogP contribution in [-0.2, 0) is 16.1 Å². The number of nitrogens with zero attached hydrogens (tertiary/aromatic N) is 2. The molecule has 4 rings (SSSR count). The smallest absolute Gasteiger partial charge is 0.259 e. The third-order valence-electron chi connectivity index (χ3n) is 6.10. The lowest BCUT2D eigenvalue weighted by Gasteiger charge is -2.32. The zero-order valence-electron chi connectivity index (χ0n) is 19.8. The molecule has 0 saturated heterocycles. The van der Waals surface area contributed by atoms with Crippen LogP contribution >= 0.6 is 23.2 Å². The summed E-state index contributed by atoms with van der Waals surface area (Å²) in [6.07, 6.45) is 0.412. The Kier molecular flexibility index (Phi) is 7.33. The number of nitrogens with one attached hydrogen (secondary N) is 1. The minimum Gasteiger partial charge on any atom is -0.352 e. The molecule has 0 fully saturated rings. The molecule has 3 amide bonds. The number of halogens is 2. The van der Waals surface area contributed by atoms with Gasteiger partial charge in [-0.05, 0) is 55.5 Å². The fourth-order valence-electron chi connectivity index (χ4n) is 4.50. The normalized spacial score (nSPS) is 13.4. The van der Waals surface area contributed by atoms with Gasteiger partial charge in [0.1, 0.15) is 12.6 Å². The number of carbonyl (C=O) groups is 3. The summed E-state index contributed by atoms with van der Waals surface area (Å²) in [5, 5.41) is 5.47. The number of benzene rings is 3. The summed E-state index contributed by atoms with van der Waals surface area (Å²) < 4.78 is 0. The highest BCUT2D eigenvalue weighted by molar-refractivity contribution is 6.42. The first-order chi connectivity index (χ1) is 16.7. The SMILES string of the molecule is CC[C@H](C(=O)NC(C)C)N(Cc1ccc(Cl)c(Cl)c1)C(=O)CN1C(=O)c2cccc3cccc1c23. The molecule has 0 bridgehead atoms. The third kappa shape index (κ3) is 5.00. The van der Waals surface area contributed by atoms with Crippen molar-refractivity contribution in [1.29, 1.82) is 0 Å². The largest absolute Gasteiger partial charge is 0.352 e. The van der Waals surface area contributed by atoms with Crippen LogP contribution in [0.15, 0.2) is 54.6 Å². The molecule has 182 valence electrons. The summed E-state index contributed by atoms with van der Waals surface area (Å²) in [6, 6.07) is 15.6. The van der Waals surface area contributed by atoms with Crippen LogP contribution in [0.2, 0.25) is 10.0 Å². The van der Waals surface area contributed by atoms with Crippen LogP contribution in [0.3, 0.4) is 0 Å². The molecule has 0 aromatic heterocycles. The van der Waals surface area contributed by atoms with Crippen LogP contribution in [0.4, 0.5) is 5.69 Å². The summed E-state index contributed by atoms with van der Waals surface area (Å²) in [7, 11) is 0. The van der Waals surface area contributed by atoms with Crippen molar-refractivity contribution >= 4 is 57.4 Å². The fourth-order valence-corrected chi connectivity index (χ4v) is 4.82. The molecule has 0 saturated carbocycles. The van der Waals surface area contributed by atoms with Crippen molar-refractivity contribution in [3.8, 4) is 0 Å². The first kappa shape index (κ1) is 25.0. The molecule has 0 aliphatic carbocycles. The lowest BCUT2D eigenvalue weighted by atomic mass is 10.1. The van der Waals surface area contributed by atoms with Crippen molar-refractivity contribution in [2.24, 2.45) is 0 Å². The van der Waals surface area contributed by atoms with E-state index >= 15 is 0 Å². The number of amides is 3. The molecule has 0 spiro atoms. The summed E-state index contributed by atoms with van der Waals surface area (Å²) in [5.74, 6) is -0.798. The minimum absolute atomic E-state index is 0.0780. The van der Waals surface area contributed by atoms with E-state index in [1.54, 1.807) is 24.3 Å². The molecule has 8 heteroatoms. The minimum atomic E-state index is -0.713. The van der Waals surface area contributed by atoms with Gasteiger partial charge in [0, 0.05) is 23.5 Å². The van der Waals surface area contributed by atoms with Gasteiger partial charge >= 0.3 is 0 Å². The predicted molar refractivity (Wildman–Crippen MR) is 140 cm³/mol. The monoisotopic (exact) mass is 511 g/mol. The van der Waals surface area contributed by atoms with Gasteiger partial charge in [0.2, 0.25) is 11.8 Å². The van der Waals surface area contributed by atoms with Crippen LogP contribution in [-0.4, -0.2) is 41.2 Å². The first-order valence-electron chi connectivity index (χ1n) is 11.6. The Labute approximate surface area is 214 Å². The van der Waals surface area contributed by atoms with E-state index in [2.05, 4.69) is 5.32 Å². The molecule has 6 nitrogen and oxygen atoms in total. The zero-order chi connectivity index (χ0) is 25.3. The second-order valence-corrected chi connectivity index (χ2v) is 9.74. The number of rotatable bonds is 8. The molecule has 1 aliphatic heterocycles. The molecular formula is C27H27Cl2N3O3. The molecule has 3 aromatic rings. The molecule has 1 aliphatic rings. The average molecular weight is 512 g/mol. The molecule has 35 heavy (non-hydrogen) atoms. The summed E-state index contributed by atoms with van der Waals surface area (Å²) in [5.41, 5.74) is 2.01. The van der Waals surface area contributed by atoms with Crippen molar-refractivity contribution in [1.82, 2.24) is 10.2 Å². The van der Waals surface area contributed by atoms with Crippen molar-refractivity contribution in [2.75, 3.05) is 11.4 Å². The lowest BCUT2D eigenvalue weighted by molar-refractivity contribution is -0.140. The standard InChI is InChI=1S/C27H27Cl2N3O3/c1-4-22(26(34)30-16(2)3)31(14-17-11-12-20(28)21(29)13-17)24(33)15-32-23-10-6-8-18-7-5-9-19(25(18)23)27(32)35/h5-13,16,22H,4,14-15H2,1-3H3,(H,30,34)/t22-/m1/s1. The van der Waals surface area contributed by atoms with Gasteiger partial charge < -0.3 is 10.2 Å².